The van der Waals surface area contributed by atoms with Crippen LogP contribution in [0.4, 0.5) is 0 Å². The fourth-order valence-corrected chi connectivity index (χ4v) is 2.60. The maximum Gasteiger partial charge on any atom is 0.253 e. The van der Waals surface area contributed by atoms with Crippen LogP contribution in [0.25, 0.3) is 0 Å². The number of carbonyl (C=O) groups is 1. The minimum absolute atomic E-state index is 0.0672. The topological polar surface area (TPSA) is 29.1 Å². The molecule has 1 atom stereocenters. The number of halogens is 3. The second-order valence-corrected chi connectivity index (χ2v) is 5.51. The van der Waals surface area contributed by atoms with E-state index in [4.69, 9.17) is 23.2 Å². The Morgan fingerprint density at radius 2 is 2.06 bits per heavy atom. The van der Waals surface area contributed by atoms with E-state index in [0.29, 0.717) is 26.9 Å². The molecule has 0 aliphatic rings. The molecular formula is C12H14BrCl2NO. The van der Waals surface area contributed by atoms with Crippen LogP contribution in [0.15, 0.2) is 18.2 Å². The molecule has 1 aromatic carbocycles. The average Bonchev–Trinajstić information content (AvgIpc) is 2.28. The predicted octanol–water partition coefficient (Wildman–Crippen LogP) is 4.14. The second kappa shape index (κ2) is 6.62. The van der Waals surface area contributed by atoms with Crippen LogP contribution in [0.5, 0.6) is 0 Å². The molecule has 0 spiro atoms. The van der Waals surface area contributed by atoms with Crippen LogP contribution < -0.4 is 5.32 Å². The van der Waals surface area contributed by atoms with Gasteiger partial charge < -0.3 is 5.32 Å². The summed E-state index contributed by atoms with van der Waals surface area (Å²) >= 11 is 15.2. The van der Waals surface area contributed by atoms with Gasteiger partial charge in [-0.3, -0.25) is 4.79 Å². The first-order valence-corrected chi connectivity index (χ1v) is 7.16. The average molecular weight is 339 g/mol. The molecule has 0 bridgehead atoms. The molecule has 0 saturated heterocycles. The van der Waals surface area contributed by atoms with Crippen LogP contribution in [0, 0.1) is 5.92 Å². The fourth-order valence-electron chi connectivity index (χ4n) is 1.31. The number of benzene rings is 1. The quantitative estimate of drug-likeness (QED) is 0.821. The lowest BCUT2D eigenvalue weighted by atomic mass is 10.1. The molecule has 1 aromatic rings. The minimum atomic E-state index is -0.198. The monoisotopic (exact) mass is 337 g/mol. The van der Waals surface area contributed by atoms with Gasteiger partial charge in [0.15, 0.2) is 0 Å². The lowest BCUT2D eigenvalue weighted by Crippen LogP contribution is -2.39. The third-order valence-electron chi connectivity index (χ3n) is 2.48. The van der Waals surface area contributed by atoms with E-state index >= 15 is 0 Å². The first-order valence-electron chi connectivity index (χ1n) is 5.28. The molecule has 0 fully saturated rings. The number of nitrogens with one attached hydrogen (secondary N) is 1. The molecule has 2 nitrogen and oxygen atoms in total. The van der Waals surface area contributed by atoms with Crippen LogP contribution in [0.2, 0.25) is 10.0 Å². The van der Waals surface area contributed by atoms with Crippen LogP contribution in [0.3, 0.4) is 0 Å². The summed E-state index contributed by atoms with van der Waals surface area (Å²) in [5.41, 5.74) is 0.408. The van der Waals surface area contributed by atoms with Crippen LogP contribution in [-0.4, -0.2) is 17.3 Å². The van der Waals surface area contributed by atoms with Crippen molar-refractivity contribution in [1.29, 1.82) is 0 Å². The van der Waals surface area contributed by atoms with Gasteiger partial charge in [-0.2, -0.15) is 0 Å². The van der Waals surface area contributed by atoms with Gasteiger partial charge in [0.2, 0.25) is 0 Å². The van der Waals surface area contributed by atoms with Gasteiger partial charge >= 0.3 is 0 Å². The summed E-state index contributed by atoms with van der Waals surface area (Å²) in [7, 11) is 0. The first-order chi connectivity index (χ1) is 7.97. The highest BCUT2D eigenvalue weighted by atomic mass is 79.9. The van der Waals surface area contributed by atoms with E-state index in [2.05, 4.69) is 21.2 Å². The van der Waals surface area contributed by atoms with Gasteiger partial charge in [-0.15, -0.1) is 0 Å². The Morgan fingerprint density at radius 1 is 1.41 bits per heavy atom. The first kappa shape index (κ1) is 14.8. The van der Waals surface area contributed by atoms with Gasteiger partial charge in [-0.05, 0) is 18.1 Å². The summed E-state index contributed by atoms with van der Waals surface area (Å²) in [5, 5.41) is 4.31. The van der Waals surface area contributed by atoms with E-state index in [1.165, 1.54) is 0 Å². The highest BCUT2D eigenvalue weighted by Gasteiger charge is 2.18. The standard InChI is InChI=1S/C12H14BrCl2NO/c1-7(2)10(6-13)16-12(17)8-4-3-5-9(14)11(8)15/h3-5,7,10H,6H2,1-2H3,(H,16,17). The molecule has 1 rings (SSSR count). The normalized spacial score (nSPS) is 12.6. The van der Waals surface area contributed by atoms with E-state index in [1.54, 1.807) is 18.2 Å². The summed E-state index contributed by atoms with van der Waals surface area (Å²) in [6.07, 6.45) is 0. The van der Waals surface area contributed by atoms with Crippen molar-refractivity contribution in [3.8, 4) is 0 Å². The van der Waals surface area contributed by atoms with Crippen LogP contribution in [-0.2, 0) is 0 Å². The molecule has 0 saturated carbocycles. The summed E-state index contributed by atoms with van der Waals surface area (Å²) in [6, 6.07) is 5.10. The minimum Gasteiger partial charge on any atom is -0.348 e. The number of alkyl halides is 1. The number of hydrogen-bond donors (Lipinski definition) is 1. The van der Waals surface area contributed by atoms with Crippen molar-refractivity contribution < 1.29 is 4.79 Å². The lowest BCUT2D eigenvalue weighted by Gasteiger charge is -2.20. The van der Waals surface area contributed by atoms with Crippen molar-refractivity contribution in [2.45, 2.75) is 19.9 Å². The molecule has 0 aliphatic heterocycles. The Morgan fingerprint density at radius 3 is 2.59 bits per heavy atom. The highest BCUT2D eigenvalue weighted by molar-refractivity contribution is 9.09. The Balaban J connectivity index is 2.86. The molecular weight excluding hydrogens is 325 g/mol. The molecule has 1 unspecified atom stereocenters. The molecule has 1 amide bonds. The van der Waals surface area contributed by atoms with Gasteiger partial charge in [0, 0.05) is 11.4 Å². The SMILES string of the molecule is CC(C)C(CBr)NC(=O)c1cccc(Cl)c1Cl. The van der Waals surface area contributed by atoms with E-state index in [-0.39, 0.29) is 11.9 Å². The Kier molecular flexibility index (Phi) is 5.77. The molecule has 94 valence electrons. The number of amides is 1. The van der Waals surface area contributed by atoms with Crippen molar-refractivity contribution in [3.05, 3.63) is 33.8 Å². The van der Waals surface area contributed by atoms with Crippen LogP contribution >= 0.6 is 39.1 Å². The maximum atomic E-state index is 12.0. The molecule has 1 N–H and O–H groups in total. The Bertz CT molecular complexity index is 409. The number of rotatable bonds is 4. The van der Waals surface area contributed by atoms with Gasteiger partial charge in [0.05, 0.1) is 15.6 Å². The predicted molar refractivity (Wildman–Crippen MR) is 76.3 cm³/mol. The third kappa shape index (κ3) is 3.87. The van der Waals surface area contributed by atoms with Gasteiger partial charge in [0.25, 0.3) is 5.91 Å². The van der Waals surface area contributed by atoms with Gasteiger partial charge in [-0.1, -0.05) is 59.0 Å². The second-order valence-electron chi connectivity index (χ2n) is 4.08. The molecule has 5 heteroatoms. The summed E-state index contributed by atoms with van der Waals surface area (Å²) in [4.78, 5) is 12.0. The van der Waals surface area contributed by atoms with E-state index in [9.17, 15) is 4.79 Å². The van der Waals surface area contributed by atoms with Crippen molar-refractivity contribution in [3.63, 3.8) is 0 Å². The van der Waals surface area contributed by atoms with Crippen molar-refractivity contribution in [2.24, 2.45) is 5.92 Å². The zero-order chi connectivity index (χ0) is 13.0. The Hall–Kier alpha value is -0.250. The largest absolute Gasteiger partial charge is 0.348 e. The molecule has 0 radical (unpaired) electrons. The zero-order valence-electron chi connectivity index (χ0n) is 9.64. The number of carbonyl (C=O) groups excluding carboxylic acids is 1. The van der Waals surface area contributed by atoms with E-state index in [1.807, 2.05) is 13.8 Å². The molecule has 17 heavy (non-hydrogen) atoms. The summed E-state index contributed by atoms with van der Waals surface area (Å²) in [6.45, 7) is 4.09. The smallest absolute Gasteiger partial charge is 0.253 e. The van der Waals surface area contributed by atoms with Crippen LogP contribution in [0.1, 0.15) is 24.2 Å². The fraction of sp³-hybridized carbons (Fsp3) is 0.417. The lowest BCUT2D eigenvalue weighted by molar-refractivity contribution is 0.0932. The number of hydrogen-bond acceptors (Lipinski definition) is 1. The van der Waals surface area contributed by atoms with Crippen molar-refractivity contribution in [2.75, 3.05) is 5.33 Å². The van der Waals surface area contributed by atoms with E-state index in [0.717, 1.165) is 0 Å². The third-order valence-corrected chi connectivity index (χ3v) is 4.00. The molecule has 0 aromatic heterocycles. The molecule has 0 heterocycles. The van der Waals surface area contributed by atoms with E-state index < -0.39 is 0 Å². The van der Waals surface area contributed by atoms with Crippen molar-refractivity contribution in [1.82, 2.24) is 5.32 Å². The summed E-state index contributed by atoms with van der Waals surface area (Å²) in [5.74, 6) is 0.145. The maximum absolute atomic E-state index is 12.0. The van der Waals surface area contributed by atoms with Crippen molar-refractivity contribution >= 4 is 45.0 Å². The molecule has 0 aliphatic carbocycles. The zero-order valence-corrected chi connectivity index (χ0v) is 12.7. The Labute approximate surface area is 120 Å². The highest BCUT2D eigenvalue weighted by Crippen LogP contribution is 2.25. The van der Waals surface area contributed by atoms with Gasteiger partial charge in [-0.25, -0.2) is 0 Å². The van der Waals surface area contributed by atoms with Gasteiger partial charge in [0.1, 0.15) is 0 Å². The summed E-state index contributed by atoms with van der Waals surface area (Å²) < 4.78 is 0.